The predicted octanol–water partition coefficient (Wildman–Crippen LogP) is 1.83. The number of nitrogens with one attached hydrogen (secondary N) is 1. The molecule has 0 heterocycles. The van der Waals surface area contributed by atoms with E-state index in [9.17, 15) is 19.1 Å². The second kappa shape index (κ2) is 7.51. The SMILES string of the molecule is COC(=O)[C@@H](NC(=O)c1ccccc1)[C@@H](O)c1ccc(F)cc1. The number of aliphatic hydroxyl groups excluding tert-OH is 1. The molecule has 0 aliphatic heterocycles. The van der Waals surface area contributed by atoms with E-state index in [1.54, 1.807) is 30.3 Å². The van der Waals surface area contributed by atoms with Gasteiger partial charge in [-0.25, -0.2) is 9.18 Å². The van der Waals surface area contributed by atoms with Gasteiger partial charge in [0.25, 0.3) is 5.91 Å². The summed E-state index contributed by atoms with van der Waals surface area (Å²) in [5.41, 5.74) is 0.628. The zero-order valence-electron chi connectivity index (χ0n) is 12.4. The first kappa shape index (κ1) is 16.6. The standard InChI is InChI=1S/C17H16FNO4/c1-23-17(22)14(15(20)11-7-9-13(18)10-8-11)19-16(21)12-5-3-2-4-6-12/h2-10,14-15,20H,1H3,(H,19,21)/t14-,15-/m0/s1. The lowest BCUT2D eigenvalue weighted by molar-refractivity contribution is -0.146. The number of methoxy groups -OCH3 is 1. The van der Waals surface area contributed by atoms with Gasteiger partial charge in [0, 0.05) is 5.56 Å². The van der Waals surface area contributed by atoms with Crippen LogP contribution in [-0.2, 0) is 9.53 Å². The van der Waals surface area contributed by atoms with Gasteiger partial charge in [-0.1, -0.05) is 30.3 Å². The first-order valence-electron chi connectivity index (χ1n) is 6.90. The third kappa shape index (κ3) is 4.14. The maximum atomic E-state index is 13.0. The molecule has 0 saturated heterocycles. The minimum atomic E-state index is -1.37. The Morgan fingerprint density at radius 3 is 2.26 bits per heavy atom. The Bertz CT molecular complexity index is 673. The molecule has 2 N–H and O–H groups in total. The van der Waals surface area contributed by atoms with E-state index in [1.807, 2.05) is 0 Å². The highest BCUT2D eigenvalue weighted by molar-refractivity contribution is 5.96. The number of hydrogen-bond donors (Lipinski definition) is 2. The molecule has 6 heteroatoms. The summed E-state index contributed by atoms with van der Waals surface area (Å²) >= 11 is 0. The molecule has 0 bridgehead atoms. The molecule has 2 rings (SSSR count). The van der Waals surface area contributed by atoms with Crippen molar-refractivity contribution < 1.29 is 23.8 Å². The molecule has 5 nitrogen and oxygen atoms in total. The molecule has 0 radical (unpaired) electrons. The van der Waals surface area contributed by atoms with E-state index in [1.165, 1.54) is 12.1 Å². The minimum absolute atomic E-state index is 0.287. The van der Waals surface area contributed by atoms with Gasteiger partial charge in [-0.3, -0.25) is 4.79 Å². The van der Waals surface area contributed by atoms with Crippen molar-refractivity contribution in [3.8, 4) is 0 Å². The van der Waals surface area contributed by atoms with Crippen LogP contribution in [0.3, 0.4) is 0 Å². The lowest BCUT2D eigenvalue weighted by Gasteiger charge is -2.22. The number of aliphatic hydroxyl groups is 1. The summed E-state index contributed by atoms with van der Waals surface area (Å²) in [6, 6.07) is 12.0. The smallest absolute Gasteiger partial charge is 0.331 e. The number of benzene rings is 2. The Balaban J connectivity index is 2.21. The molecule has 0 spiro atoms. The van der Waals surface area contributed by atoms with Crippen molar-refractivity contribution in [3.05, 3.63) is 71.5 Å². The molecule has 2 atom stereocenters. The minimum Gasteiger partial charge on any atom is -0.467 e. The van der Waals surface area contributed by atoms with Gasteiger partial charge in [0.05, 0.1) is 7.11 Å². The van der Waals surface area contributed by atoms with Crippen molar-refractivity contribution in [2.45, 2.75) is 12.1 Å². The Morgan fingerprint density at radius 2 is 1.70 bits per heavy atom. The largest absolute Gasteiger partial charge is 0.467 e. The van der Waals surface area contributed by atoms with Crippen LogP contribution in [0, 0.1) is 5.82 Å². The maximum Gasteiger partial charge on any atom is 0.331 e. The quantitative estimate of drug-likeness (QED) is 0.825. The summed E-state index contributed by atoms with van der Waals surface area (Å²) in [7, 11) is 1.15. The summed E-state index contributed by atoms with van der Waals surface area (Å²) < 4.78 is 17.6. The number of esters is 1. The molecule has 1 amide bonds. The lowest BCUT2D eigenvalue weighted by atomic mass is 10.0. The Kier molecular flexibility index (Phi) is 5.43. The Morgan fingerprint density at radius 1 is 1.09 bits per heavy atom. The molecule has 0 aliphatic carbocycles. The van der Waals surface area contributed by atoms with E-state index in [0.717, 1.165) is 19.2 Å². The summed E-state index contributed by atoms with van der Waals surface area (Å²) in [4.78, 5) is 24.1. The van der Waals surface area contributed by atoms with Crippen molar-refractivity contribution in [2.24, 2.45) is 0 Å². The van der Waals surface area contributed by atoms with Crippen LogP contribution in [0.5, 0.6) is 0 Å². The fraction of sp³-hybridized carbons (Fsp3) is 0.176. The van der Waals surface area contributed by atoms with Gasteiger partial charge in [-0.05, 0) is 29.8 Å². The molecule has 0 fully saturated rings. The van der Waals surface area contributed by atoms with Crippen molar-refractivity contribution in [1.82, 2.24) is 5.32 Å². The fourth-order valence-corrected chi connectivity index (χ4v) is 2.06. The van der Waals surface area contributed by atoms with Gasteiger partial charge in [-0.15, -0.1) is 0 Å². The zero-order valence-corrected chi connectivity index (χ0v) is 12.4. The van der Waals surface area contributed by atoms with Crippen LogP contribution in [0.15, 0.2) is 54.6 Å². The molecule has 0 unspecified atom stereocenters. The average molecular weight is 317 g/mol. The molecule has 23 heavy (non-hydrogen) atoms. The zero-order chi connectivity index (χ0) is 16.8. The average Bonchev–Trinajstić information content (AvgIpc) is 2.59. The molecule has 0 aliphatic rings. The van der Waals surface area contributed by atoms with E-state index in [2.05, 4.69) is 10.1 Å². The van der Waals surface area contributed by atoms with Gasteiger partial charge in [0.2, 0.25) is 0 Å². The monoisotopic (exact) mass is 317 g/mol. The maximum absolute atomic E-state index is 13.0. The number of carbonyl (C=O) groups excluding carboxylic acids is 2. The Labute approximate surface area is 132 Å². The second-order valence-electron chi connectivity index (χ2n) is 4.84. The molecule has 0 aromatic heterocycles. The van der Waals surface area contributed by atoms with Crippen LogP contribution in [0.2, 0.25) is 0 Å². The number of rotatable bonds is 5. The van der Waals surface area contributed by atoms with Crippen molar-refractivity contribution in [3.63, 3.8) is 0 Å². The molecule has 2 aromatic rings. The lowest BCUT2D eigenvalue weighted by Crippen LogP contribution is -2.45. The first-order valence-corrected chi connectivity index (χ1v) is 6.90. The third-order valence-electron chi connectivity index (χ3n) is 3.30. The van der Waals surface area contributed by atoms with E-state index in [0.29, 0.717) is 5.56 Å². The molecule has 0 saturated carbocycles. The number of hydrogen-bond acceptors (Lipinski definition) is 4. The van der Waals surface area contributed by atoms with Gasteiger partial charge in [0.15, 0.2) is 6.04 Å². The van der Waals surface area contributed by atoms with Gasteiger partial charge in [0.1, 0.15) is 11.9 Å². The summed E-state index contributed by atoms with van der Waals surface area (Å²) in [5, 5.41) is 12.8. The summed E-state index contributed by atoms with van der Waals surface area (Å²) in [6.07, 6.45) is -1.37. The first-order chi connectivity index (χ1) is 11.0. The van der Waals surface area contributed by atoms with E-state index < -0.39 is 29.8 Å². The van der Waals surface area contributed by atoms with Crippen LogP contribution in [-0.4, -0.2) is 30.1 Å². The van der Waals surface area contributed by atoms with Crippen molar-refractivity contribution in [1.29, 1.82) is 0 Å². The van der Waals surface area contributed by atoms with Gasteiger partial charge in [-0.2, -0.15) is 0 Å². The summed E-state index contributed by atoms with van der Waals surface area (Å²) in [5.74, 6) is -1.79. The van der Waals surface area contributed by atoms with Crippen LogP contribution < -0.4 is 5.32 Å². The van der Waals surface area contributed by atoms with Gasteiger partial charge >= 0.3 is 5.97 Å². The molecule has 2 aromatic carbocycles. The highest BCUT2D eigenvalue weighted by atomic mass is 19.1. The second-order valence-corrected chi connectivity index (χ2v) is 4.84. The Hall–Kier alpha value is -2.73. The van der Waals surface area contributed by atoms with Gasteiger partial charge < -0.3 is 15.2 Å². The van der Waals surface area contributed by atoms with E-state index in [-0.39, 0.29) is 5.56 Å². The predicted molar refractivity (Wildman–Crippen MR) is 81.1 cm³/mol. The number of ether oxygens (including phenoxy) is 1. The summed E-state index contributed by atoms with van der Waals surface area (Å²) in [6.45, 7) is 0. The molecular formula is C17H16FNO4. The number of carbonyl (C=O) groups is 2. The van der Waals surface area contributed by atoms with Crippen LogP contribution >= 0.6 is 0 Å². The highest BCUT2D eigenvalue weighted by Gasteiger charge is 2.31. The van der Waals surface area contributed by atoms with Crippen LogP contribution in [0.1, 0.15) is 22.0 Å². The van der Waals surface area contributed by atoms with Crippen LogP contribution in [0.25, 0.3) is 0 Å². The fourth-order valence-electron chi connectivity index (χ4n) is 2.06. The molecule has 120 valence electrons. The van der Waals surface area contributed by atoms with Crippen LogP contribution in [0.4, 0.5) is 4.39 Å². The highest BCUT2D eigenvalue weighted by Crippen LogP contribution is 2.19. The normalized spacial score (nSPS) is 13.0. The third-order valence-corrected chi connectivity index (χ3v) is 3.30. The number of amides is 1. The van der Waals surface area contributed by atoms with E-state index >= 15 is 0 Å². The van der Waals surface area contributed by atoms with Crippen molar-refractivity contribution >= 4 is 11.9 Å². The number of halogens is 1. The van der Waals surface area contributed by atoms with Crippen molar-refractivity contribution in [2.75, 3.05) is 7.11 Å². The van der Waals surface area contributed by atoms with E-state index in [4.69, 9.17) is 0 Å². The molecular weight excluding hydrogens is 301 g/mol. The topological polar surface area (TPSA) is 75.6 Å².